The summed E-state index contributed by atoms with van der Waals surface area (Å²) in [6.07, 6.45) is 0.416. The number of hydrogen-bond acceptors (Lipinski definition) is 7. The standard InChI is InChI=1S/C24H32IN5O4/c1-15(25)26-22(31)27-17-7-5-16(6-8-17)20-28-19-18(13-34-24(19,4)14-23(2,3)32)21(29-20)30-9-11-33-12-10-30/h5-8,15,32H,9-14H2,1-4H3,(H2,26,27,31). The monoisotopic (exact) mass is 581 g/mol. The molecule has 0 aliphatic carbocycles. The highest BCUT2D eigenvalue weighted by Crippen LogP contribution is 2.44. The number of halogens is 1. The number of aliphatic hydroxyl groups is 1. The Bertz CT molecular complexity index is 1030. The SMILES string of the molecule is CC(I)NC(=O)Nc1ccc(-c2nc(N3CCOCC3)c3c(n2)C(C)(CC(C)(C)O)OC3)cc1. The van der Waals surface area contributed by atoms with E-state index in [9.17, 15) is 9.90 Å². The van der Waals surface area contributed by atoms with E-state index in [0.29, 0.717) is 37.8 Å². The van der Waals surface area contributed by atoms with Gasteiger partial charge in [0.05, 0.1) is 35.2 Å². The highest BCUT2D eigenvalue weighted by Gasteiger charge is 2.43. The highest BCUT2D eigenvalue weighted by molar-refractivity contribution is 14.1. The van der Waals surface area contributed by atoms with E-state index in [1.165, 1.54) is 0 Å². The fourth-order valence-electron chi connectivity index (χ4n) is 4.52. The maximum absolute atomic E-state index is 12.0. The summed E-state index contributed by atoms with van der Waals surface area (Å²) in [6, 6.07) is 7.22. The lowest BCUT2D eigenvalue weighted by atomic mass is 9.87. The van der Waals surface area contributed by atoms with E-state index in [0.717, 1.165) is 35.7 Å². The Labute approximate surface area is 213 Å². The van der Waals surface area contributed by atoms with Gasteiger partial charge in [0.15, 0.2) is 5.82 Å². The number of hydrogen-bond donors (Lipinski definition) is 3. The number of carbonyl (C=O) groups is 1. The Balaban J connectivity index is 1.70. The molecule has 2 amide bonds. The van der Waals surface area contributed by atoms with E-state index in [1.54, 1.807) is 13.8 Å². The molecule has 0 saturated carbocycles. The molecule has 2 aliphatic rings. The van der Waals surface area contributed by atoms with Gasteiger partial charge in [0.25, 0.3) is 0 Å². The van der Waals surface area contributed by atoms with Gasteiger partial charge in [-0.15, -0.1) is 0 Å². The molecule has 0 bridgehead atoms. The molecule has 0 radical (unpaired) electrons. The van der Waals surface area contributed by atoms with E-state index in [4.69, 9.17) is 19.4 Å². The predicted molar refractivity (Wildman–Crippen MR) is 139 cm³/mol. The summed E-state index contributed by atoms with van der Waals surface area (Å²) >= 11 is 2.13. The molecule has 1 saturated heterocycles. The minimum Gasteiger partial charge on any atom is -0.390 e. The Morgan fingerprint density at radius 1 is 1.26 bits per heavy atom. The topological polar surface area (TPSA) is 109 Å². The third kappa shape index (κ3) is 5.78. The van der Waals surface area contributed by atoms with Crippen LogP contribution in [0.1, 0.15) is 45.4 Å². The minimum absolute atomic E-state index is 0.0238. The molecule has 1 aromatic carbocycles. The second-order valence-electron chi connectivity index (χ2n) is 9.60. The number of alkyl halides is 1. The number of aromatic nitrogens is 2. The van der Waals surface area contributed by atoms with Gasteiger partial charge in [0, 0.05) is 36.3 Å². The van der Waals surface area contributed by atoms with Gasteiger partial charge in [0.1, 0.15) is 11.4 Å². The summed E-state index contributed by atoms with van der Waals surface area (Å²) in [7, 11) is 0. The Hall–Kier alpha value is -2.02. The van der Waals surface area contributed by atoms with Gasteiger partial charge in [0.2, 0.25) is 0 Å². The molecule has 34 heavy (non-hydrogen) atoms. The molecule has 10 heteroatoms. The van der Waals surface area contributed by atoms with Crippen LogP contribution in [0.4, 0.5) is 16.3 Å². The number of amides is 2. The molecule has 0 spiro atoms. The average molecular weight is 581 g/mol. The van der Waals surface area contributed by atoms with E-state index in [1.807, 2.05) is 38.1 Å². The molecule has 2 aromatic rings. The van der Waals surface area contributed by atoms with E-state index in [-0.39, 0.29) is 10.1 Å². The number of ether oxygens (including phenoxy) is 2. The fourth-order valence-corrected chi connectivity index (χ4v) is 4.80. The van der Waals surface area contributed by atoms with Gasteiger partial charge < -0.3 is 30.1 Å². The van der Waals surface area contributed by atoms with E-state index >= 15 is 0 Å². The number of rotatable bonds is 6. The van der Waals surface area contributed by atoms with Crippen LogP contribution in [0.25, 0.3) is 11.4 Å². The summed E-state index contributed by atoms with van der Waals surface area (Å²) in [5.41, 5.74) is 1.68. The van der Waals surface area contributed by atoms with Crippen molar-refractivity contribution in [2.45, 2.75) is 56.0 Å². The molecule has 184 valence electrons. The maximum atomic E-state index is 12.0. The molecule has 3 heterocycles. The lowest BCUT2D eigenvalue weighted by Gasteiger charge is -2.32. The Morgan fingerprint density at radius 2 is 1.94 bits per heavy atom. The van der Waals surface area contributed by atoms with Crippen molar-refractivity contribution in [3.8, 4) is 11.4 Å². The van der Waals surface area contributed by atoms with Crippen LogP contribution in [0.5, 0.6) is 0 Å². The van der Waals surface area contributed by atoms with Crippen LogP contribution in [0, 0.1) is 0 Å². The van der Waals surface area contributed by atoms with Crippen molar-refractivity contribution in [2.75, 3.05) is 36.5 Å². The largest absolute Gasteiger partial charge is 0.390 e. The van der Waals surface area contributed by atoms with Gasteiger partial charge in [-0.3, -0.25) is 0 Å². The number of nitrogens with one attached hydrogen (secondary N) is 2. The van der Waals surface area contributed by atoms with Crippen molar-refractivity contribution >= 4 is 40.1 Å². The quantitative estimate of drug-likeness (QED) is 0.271. The number of urea groups is 1. The van der Waals surface area contributed by atoms with E-state index < -0.39 is 11.2 Å². The second kappa shape index (κ2) is 9.92. The van der Waals surface area contributed by atoms with Crippen LogP contribution in [0.15, 0.2) is 24.3 Å². The highest BCUT2D eigenvalue weighted by atomic mass is 127. The van der Waals surface area contributed by atoms with Crippen molar-refractivity contribution in [1.82, 2.24) is 15.3 Å². The van der Waals surface area contributed by atoms with Crippen molar-refractivity contribution in [1.29, 1.82) is 0 Å². The summed E-state index contributed by atoms with van der Waals surface area (Å²) in [5.74, 6) is 1.45. The van der Waals surface area contributed by atoms with E-state index in [2.05, 4.69) is 38.1 Å². The molecule has 2 unspecified atom stereocenters. The molecule has 1 aromatic heterocycles. The summed E-state index contributed by atoms with van der Waals surface area (Å²) in [6.45, 7) is 10.6. The number of benzene rings is 1. The molecule has 1 fully saturated rings. The second-order valence-corrected chi connectivity index (χ2v) is 11.5. The van der Waals surface area contributed by atoms with Gasteiger partial charge in [-0.2, -0.15) is 0 Å². The van der Waals surface area contributed by atoms with Gasteiger partial charge in [-0.1, -0.05) is 22.6 Å². The first-order chi connectivity index (χ1) is 16.0. The van der Waals surface area contributed by atoms with Crippen LogP contribution in [0.3, 0.4) is 0 Å². The number of anilines is 2. The number of morpholine rings is 1. The van der Waals surface area contributed by atoms with Crippen LogP contribution in [-0.4, -0.2) is 57.1 Å². The van der Waals surface area contributed by atoms with Gasteiger partial charge in [-0.05, 0) is 52.0 Å². The van der Waals surface area contributed by atoms with Crippen molar-refractivity contribution < 1.29 is 19.4 Å². The molecule has 3 N–H and O–H groups in total. The van der Waals surface area contributed by atoms with Crippen LogP contribution in [0.2, 0.25) is 0 Å². The van der Waals surface area contributed by atoms with Gasteiger partial charge in [-0.25, -0.2) is 14.8 Å². The zero-order valence-corrected chi connectivity index (χ0v) is 22.2. The third-order valence-corrected chi connectivity index (χ3v) is 6.14. The summed E-state index contributed by atoms with van der Waals surface area (Å²) in [5, 5.41) is 16.2. The lowest BCUT2D eigenvalue weighted by Crippen LogP contribution is -2.38. The first kappa shape index (κ1) is 25.1. The summed E-state index contributed by atoms with van der Waals surface area (Å²) < 4.78 is 11.8. The number of nitrogens with zero attached hydrogens (tertiary/aromatic N) is 3. The first-order valence-electron chi connectivity index (χ1n) is 11.5. The van der Waals surface area contributed by atoms with Crippen LogP contribution < -0.4 is 15.5 Å². The Kier molecular flexibility index (Phi) is 7.32. The smallest absolute Gasteiger partial charge is 0.320 e. The number of carbonyl (C=O) groups excluding carboxylic acids is 1. The molecule has 2 atom stereocenters. The lowest BCUT2D eigenvalue weighted by molar-refractivity contribution is -0.0812. The molecule has 2 aliphatic heterocycles. The first-order valence-corrected chi connectivity index (χ1v) is 12.7. The normalized spacial score (nSPS) is 21.2. The zero-order valence-electron chi connectivity index (χ0n) is 20.0. The molecular weight excluding hydrogens is 549 g/mol. The average Bonchev–Trinajstić information content (AvgIpc) is 3.08. The number of fused-ring (bicyclic) bond motifs is 1. The Morgan fingerprint density at radius 3 is 2.56 bits per heavy atom. The molecular formula is C24H32IN5O4. The third-order valence-electron chi connectivity index (χ3n) is 5.83. The van der Waals surface area contributed by atoms with Crippen LogP contribution in [-0.2, 0) is 21.7 Å². The zero-order chi connectivity index (χ0) is 24.5. The van der Waals surface area contributed by atoms with Crippen molar-refractivity contribution in [3.05, 3.63) is 35.5 Å². The predicted octanol–water partition coefficient (Wildman–Crippen LogP) is 3.79. The fraction of sp³-hybridized carbons (Fsp3) is 0.542. The van der Waals surface area contributed by atoms with Crippen molar-refractivity contribution in [2.24, 2.45) is 0 Å². The molecule has 9 nitrogen and oxygen atoms in total. The molecule has 4 rings (SSSR count). The minimum atomic E-state index is -0.913. The van der Waals surface area contributed by atoms with Gasteiger partial charge >= 0.3 is 6.03 Å². The summed E-state index contributed by atoms with van der Waals surface area (Å²) in [4.78, 5) is 24.1. The van der Waals surface area contributed by atoms with Crippen molar-refractivity contribution in [3.63, 3.8) is 0 Å². The maximum Gasteiger partial charge on any atom is 0.320 e. The van der Waals surface area contributed by atoms with Crippen LogP contribution >= 0.6 is 22.6 Å².